The Morgan fingerprint density at radius 2 is 2.00 bits per heavy atom. The van der Waals surface area contributed by atoms with E-state index in [0.29, 0.717) is 4.48 Å². The largest absolute Gasteiger partial charge is 0.322 e. The summed E-state index contributed by atoms with van der Waals surface area (Å²) in [5, 5.41) is 2.76. The van der Waals surface area contributed by atoms with E-state index in [1.54, 1.807) is 13.0 Å². The van der Waals surface area contributed by atoms with Crippen LogP contribution in [0.3, 0.4) is 0 Å². The lowest BCUT2D eigenvalue weighted by Crippen LogP contribution is -2.10. The number of nitrogens with one attached hydrogen (secondary N) is 1. The molecule has 4 heteroatoms. The molecule has 2 nitrogen and oxygen atoms in total. The van der Waals surface area contributed by atoms with E-state index in [2.05, 4.69) is 43.8 Å². The molecule has 0 bridgehead atoms. The number of carbonyl (C=O) groups excluding carboxylic acids is 1. The SMILES string of the molecule is C/C=C(/Br)C(=O)Nc1ccc(I)cc1. The van der Waals surface area contributed by atoms with Crippen molar-refractivity contribution in [1.82, 2.24) is 0 Å². The predicted molar refractivity (Wildman–Crippen MR) is 70.5 cm³/mol. The summed E-state index contributed by atoms with van der Waals surface area (Å²) in [6.45, 7) is 1.80. The summed E-state index contributed by atoms with van der Waals surface area (Å²) >= 11 is 5.38. The van der Waals surface area contributed by atoms with E-state index in [4.69, 9.17) is 0 Å². The van der Waals surface area contributed by atoms with Crippen LogP contribution in [0.15, 0.2) is 34.8 Å². The van der Waals surface area contributed by atoms with Crippen molar-refractivity contribution < 1.29 is 4.79 Å². The van der Waals surface area contributed by atoms with E-state index in [9.17, 15) is 4.79 Å². The van der Waals surface area contributed by atoms with Gasteiger partial charge >= 0.3 is 0 Å². The molecule has 0 unspecified atom stereocenters. The van der Waals surface area contributed by atoms with Crippen molar-refractivity contribution in [2.45, 2.75) is 6.92 Å². The molecule has 0 aliphatic heterocycles. The quantitative estimate of drug-likeness (QED) is 0.630. The van der Waals surface area contributed by atoms with Crippen molar-refractivity contribution in [2.24, 2.45) is 0 Å². The Balaban J connectivity index is 2.70. The number of amides is 1. The normalized spacial score (nSPS) is 11.2. The summed E-state index contributed by atoms with van der Waals surface area (Å²) in [6.07, 6.45) is 1.71. The van der Waals surface area contributed by atoms with Gasteiger partial charge in [0.2, 0.25) is 0 Å². The monoisotopic (exact) mass is 365 g/mol. The highest BCUT2D eigenvalue weighted by Crippen LogP contribution is 2.13. The minimum Gasteiger partial charge on any atom is -0.322 e. The molecule has 0 fully saturated rings. The number of anilines is 1. The minimum absolute atomic E-state index is 0.131. The maximum atomic E-state index is 11.4. The lowest BCUT2D eigenvalue weighted by molar-refractivity contribution is -0.112. The highest BCUT2D eigenvalue weighted by molar-refractivity contribution is 14.1. The number of carbonyl (C=O) groups is 1. The number of hydrogen-bond donors (Lipinski definition) is 1. The molecule has 0 saturated heterocycles. The molecule has 1 aromatic rings. The Kier molecular flexibility index (Phi) is 4.60. The van der Waals surface area contributed by atoms with Gasteiger partial charge in [-0.05, 0) is 69.7 Å². The van der Waals surface area contributed by atoms with Crippen molar-refractivity contribution in [2.75, 3.05) is 5.32 Å². The molecular weight excluding hydrogens is 357 g/mol. The summed E-state index contributed by atoms with van der Waals surface area (Å²) in [6, 6.07) is 7.63. The van der Waals surface area contributed by atoms with E-state index in [1.807, 2.05) is 24.3 Å². The third kappa shape index (κ3) is 3.42. The van der Waals surface area contributed by atoms with E-state index in [0.717, 1.165) is 9.26 Å². The maximum absolute atomic E-state index is 11.4. The molecule has 1 rings (SSSR count). The fourth-order valence-electron chi connectivity index (χ4n) is 0.855. The van der Waals surface area contributed by atoms with Crippen LogP contribution in [0.4, 0.5) is 5.69 Å². The fourth-order valence-corrected chi connectivity index (χ4v) is 1.31. The van der Waals surface area contributed by atoms with Gasteiger partial charge < -0.3 is 5.32 Å². The number of halogens is 2. The molecule has 14 heavy (non-hydrogen) atoms. The van der Waals surface area contributed by atoms with E-state index in [-0.39, 0.29) is 5.91 Å². The zero-order valence-corrected chi connectivity index (χ0v) is 11.3. The molecule has 0 atom stereocenters. The van der Waals surface area contributed by atoms with Crippen LogP contribution < -0.4 is 5.32 Å². The van der Waals surface area contributed by atoms with Crippen molar-refractivity contribution in [3.05, 3.63) is 38.4 Å². The smallest absolute Gasteiger partial charge is 0.262 e. The first kappa shape index (κ1) is 11.7. The van der Waals surface area contributed by atoms with Crippen LogP contribution >= 0.6 is 38.5 Å². The zero-order chi connectivity index (χ0) is 10.6. The maximum Gasteiger partial charge on any atom is 0.262 e. The molecule has 0 saturated carbocycles. The predicted octanol–water partition coefficient (Wildman–Crippen LogP) is 3.53. The Hall–Kier alpha value is -0.360. The van der Waals surface area contributed by atoms with Gasteiger partial charge in [-0.15, -0.1) is 0 Å². The summed E-state index contributed by atoms with van der Waals surface area (Å²) in [7, 11) is 0. The summed E-state index contributed by atoms with van der Waals surface area (Å²) < 4.78 is 1.68. The second kappa shape index (κ2) is 5.50. The van der Waals surface area contributed by atoms with Gasteiger partial charge in [-0.3, -0.25) is 4.79 Å². The first-order valence-electron chi connectivity index (χ1n) is 4.02. The van der Waals surface area contributed by atoms with E-state index < -0.39 is 0 Å². The molecule has 74 valence electrons. The van der Waals surface area contributed by atoms with Gasteiger partial charge in [-0.2, -0.15) is 0 Å². The van der Waals surface area contributed by atoms with Crippen LogP contribution in [0.2, 0.25) is 0 Å². The van der Waals surface area contributed by atoms with E-state index >= 15 is 0 Å². The standard InChI is InChI=1S/C10H9BrINO/c1-2-9(11)10(14)13-8-5-3-7(12)4-6-8/h2-6H,1H3,(H,13,14)/b9-2+. The lowest BCUT2D eigenvalue weighted by atomic mass is 10.3. The minimum atomic E-state index is -0.131. The third-order valence-electron chi connectivity index (χ3n) is 1.57. The molecule has 1 aromatic carbocycles. The van der Waals surface area contributed by atoms with E-state index in [1.165, 1.54) is 0 Å². The fraction of sp³-hybridized carbons (Fsp3) is 0.100. The Morgan fingerprint density at radius 1 is 1.43 bits per heavy atom. The number of hydrogen-bond acceptors (Lipinski definition) is 1. The van der Waals surface area contributed by atoms with Crippen LogP contribution in [-0.4, -0.2) is 5.91 Å². The Bertz CT molecular complexity index is 359. The number of rotatable bonds is 2. The average Bonchev–Trinajstić information content (AvgIpc) is 2.20. The third-order valence-corrected chi connectivity index (χ3v) is 3.11. The van der Waals surface area contributed by atoms with Crippen molar-refractivity contribution in [3.63, 3.8) is 0 Å². The average molecular weight is 366 g/mol. The van der Waals surface area contributed by atoms with Crippen LogP contribution in [0.1, 0.15) is 6.92 Å². The first-order valence-corrected chi connectivity index (χ1v) is 5.89. The molecule has 0 aliphatic rings. The van der Waals surface area contributed by atoms with Gasteiger partial charge in [-0.1, -0.05) is 6.08 Å². The molecule has 0 aromatic heterocycles. The van der Waals surface area contributed by atoms with Crippen LogP contribution in [-0.2, 0) is 4.79 Å². The van der Waals surface area contributed by atoms with Gasteiger partial charge in [0.15, 0.2) is 0 Å². The molecular formula is C10H9BrINO. The van der Waals surface area contributed by atoms with Crippen molar-refractivity contribution in [3.8, 4) is 0 Å². The van der Waals surface area contributed by atoms with Gasteiger partial charge in [0.1, 0.15) is 0 Å². The number of benzene rings is 1. The zero-order valence-electron chi connectivity index (χ0n) is 7.55. The Labute approximate surface area is 105 Å². The molecule has 1 N–H and O–H groups in total. The second-order valence-corrected chi connectivity index (χ2v) is 4.70. The summed E-state index contributed by atoms with van der Waals surface area (Å²) in [5.74, 6) is -0.131. The Morgan fingerprint density at radius 3 is 2.50 bits per heavy atom. The molecule has 0 aliphatic carbocycles. The van der Waals surface area contributed by atoms with Gasteiger partial charge in [-0.25, -0.2) is 0 Å². The first-order chi connectivity index (χ1) is 6.63. The summed E-state index contributed by atoms with van der Waals surface area (Å²) in [4.78, 5) is 11.4. The number of allylic oxidation sites excluding steroid dienone is 1. The van der Waals surface area contributed by atoms with Crippen LogP contribution in [0, 0.1) is 3.57 Å². The van der Waals surface area contributed by atoms with Crippen LogP contribution in [0.25, 0.3) is 0 Å². The van der Waals surface area contributed by atoms with Gasteiger partial charge in [0.05, 0.1) is 4.48 Å². The van der Waals surface area contributed by atoms with Crippen molar-refractivity contribution in [1.29, 1.82) is 0 Å². The summed E-state index contributed by atoms with van der Waals surface area (Å²) in [5.41, 5.74) is 0.800. The molecule has 0 radical (unpaired) electrons. The lowest BCUT2D eigenvalue weighted by Gasteiger charge is -2.03. The molecule has 0 heterocycles. The molecule has 0 spiro atoms. The van der Waals surface area contributed by atoms with Gasteiger partial charge in [0.25, 0.3) is 5.91 Å². The topological polar surface area (TPSA) is 29.1 Å². The highest BCUT2D eigenvalue weighted by Gasteiger charge is 2.04. The highest BCUT2D eigenvalue weighted by atomic mass is 127. The van der Waals surface area contributed by atoms with Crippen molar-refractivity contribution >= 4 is 50.1 Å². The van der Waals surface area contributed by atoms with Gasteiger partial charge in [0, 0.05) is 9.26 Å². The molecule has 1 amide bonds. The van der Waals surface area contributed by atoms with Crippen LogP contribution in [0.5, 0.6) is 0 Å². The second-order valence-electron chi connectivity index (χ2n) is 2.60.